The van der Waals surface area contributed by atoms with E-state index in [2.05, 4.69) is 15.2 Å². The number of pyridine rings is 1. The van der Waals surface area contributed by atoms with Gasteiger partial charge in [-0.25, -0.2) is 4.98 Å². The summed E-state index contributed by atoms with van der Waals surface area (Å²) in [5, 5.41) is 3.47. The van der Waals surface area contributed by atoms with Crippen LogP contribution in [0.1, 0.15) is 28.8 Å². The first-order chi connectivity index (χ1) is 13.0. The number of amides is 1. The average molecular weight is 388 g/mol. The number of piperidine rings is 1. The molecule has 2 saturated heterocycles. The van der Waals surface area contributed by atoms with Gasteiger partial charge in [0.2, 0.25) is 0 Å². The average Bonchev–Trinajstić information content (AvgIpc) is 3.13. The Morgan fingerprint density at radius 2 is 1.93 bits per heavy atom. The number of nitrogens with one attached hydrogen (secondary N) is 1. The number of anilines is 2. The molecule has 1 amide bonds. The Morgan fingerprint density at radius 1 is 1.19 bits per heavy atom. The van der Waals surface area contributed by atoms with Crippen LogP contribution in [-0.2, 0) is 9.47 Å². The number of carbonyl (C=O) groups excluding carboxylic acids is 1. The van der Waals surface area contributed by atoms with Crippen LogP contribution in [0.2, 0.25) is 5.02 Å². The van der Waals surface area contributed by atoms with Crippen molar-refractivity contribution < 1.29 is 14.3 Å². The van der Waals surface area contributed by atoms with E-state index in [1.54, 1.807) is 18.3 Å². The van der Waals surface area contributed by atoms with Gasteiger partial charge < -0.3 is 19.7 Å². The molecule has 0 bridgehead atoms. The molecule has 1 N–H and O–H groups in total. The van der Waals surface area contributed by atoms with Crippen molar-refractivity contribution in [3.05, 3.63) is 52.7 Å². The van der Waals surface area contributed by atoms with Crippen LogP contribution in [0.25, 0.3) is 0 Å². The number of aromatic nitrogens is 1. The summed E-state index contributed by atoms with van der Waals surface area (Å²) in [6.45, 7) is 4.91. The van der Waals surface area contributed by atoms with Crippen molar-refractivity contribution in [3.8, 4) is 0 Å². The fraction of sp³-hybridized carbons (Fsp3) is 0.400. The number of halogens is 1. The molecule has 0 atom stereocenters. The maximum Gasteiger partial charge on any atom is 0.257 e. The van der Waals surface area contributed by atoms with Gasteiger partial charge in [-0.2, -0.15) is 0 Å². The highest BCUT2D eigenvalue weighted by atomic mass is 35.5. The first-order valence-electron chi connectivity index (χ1n) is 9.11. The van der Waals surface area contributed by atoms with E-state index in [4.69, 9.17) is 21.1 Å². The third kappa shape index (κ3) is 3.93. The zero-order chi connectivity index (χ0) is 18.9. The zero-order valence-corrected chi connectivity index (χ0v) is 16.0. The van der Waals surface area contributed by atoms with E-state index in [-0.39, 0.29) is 5.91 Å². The number of nitrogens with zero attached hydrogens (tertiary/aromatic N) is 2. The fourth-order valence-electron chi connectivity index (χ4n) is 3.44. The molecule has 1 aromatic carbocycles. The van der Waals surface area contributed by atoms with Gasteiger partial charge in [0.25, 0.3) is 5.91 Å². The molecule has 3 heterocycles. The first-order valence-corrected chi connectivity index (χ1v) is 9.49. The van der Waals surface area contributed by atoms with E-state index in [0.29, 0.717) is 29.5 Å². The summed E-state index contributed by atoms with van der Waals surface area (Å²) >= 11 is 6.11. The van der Waals surface area contributed by atoms with Crippen LogP contribution in [0.4, 0.5) is 11.5 Å². The summed E-state index contributed by atoms with van der Waals surface area (Å²) in [6, 6.07) is 9.12. The number of rotatable bonds is 3. The largest absolute Gasteiger partial charge is 0.356 e. The highest BCUT2D eigenvalue weighted by Crippen LogP contribution is 2.32. The van der Waals surface area contributed by atoms with Crippen molar-refractivity contribution in [2.75, 3.05) is 36.5 Å². The molecule has 0 saturated carbocycles. The van der Waals surface area contributed by atoms with Gasteiger partial charge in [0, 0.05) is 42.8 Å². The Morgan fingerprint density at radius 3 is 2.56 bits per heavy atom. The summed E-state index contributed by atoms with van der Waals surface area (Å²) < 4.78 is 11.5. The van der Waals surface area contributed by atoms with E-state index < -0.39 is 5.79 Å². The van der Waals surface area contributed by atoms with Crippen molar-refractivity contribution in [2.24, 2.45) is 0 Å². The predicted molar refractivity (Wildman–Crippen MR) is 104 cm³/mol. The standard InChI is InChI=1S/C20H22ClN3O3/c1-14-2-4-16(12-17(14)21)23-19(25)15-3-5-18(22-13-15)24-8-6-20(7-9-24)26-10-11-27-20/h2-5,12-13H,6-11H2,1H3,(H,23,25). The monoisotopic (exact) mass is 387 g/mol. The van der Waals surface area contributed by atoms with Crippen molar-refractivity contribution in [1.29, 1.82) is 0 Å². The molecule has 2 aromatic rings. The molecule has 2 fully saturated rings. The Balaban J connectivity index is 1.38. The normalized spacial score (nSPS) is 18.7. The van der Waals surface area contributed by atoms with Crippen molar-refractivity contribution >= 4 is 29.0 Å². The van der Waals surface area contributed by atoms with Gasteiger partial charge in [0.15, 0.2) is 5.79 Å². The van der Waals surface area contributed by atoms with E-state index in [9.17, 15) is 4.79 Å². The number of hydrogen-bond acceptors (Lipinski definition) is 5. The van der Waals surface area contributed by atoms with Gasteiger partial charge in [-0.15, -0.1) is 0 Å². The van der Waals surface area contributed by atoms with Crippen LogP contribution in [0.3, 0.4) is 0 Å². The third-order valence-corrected chi connectivity index (χ3v) is 5.51. The minimum absolute atomic E-state index is 0.209. The van der Waals surface area contributed by atoms with Crippen LogP contribution in [0, 0.1) is 6.92 Å². The minimum atomic E-state index is -0.397. The van der Waals surface area contributed by atoms with Crippen LogP contribution in [0.5, 0.6) is 0 Å². The highest BCUT2D eigenvalue weighted by molar-refractivity contribution is 6.31. The van der Waals surface area contributed by atoms with Gasteiger partial charge in [-0.3, -0.25) is 4.79 Å². The Kier molecular flexibility index (Phi) is 5.04. The molecular weight excluding hydrogens is 366 g/mol. The fourth-order valence-corrected chi connectivity index (χ4v) is 3.62. The van der Waals surface area contributed by atoms with Gasteiger partial charge in [-0.05, 0) is 36.8 Å². The SMILES string of the molecule is Cc1ccc(NC(=O)c2ccc(N3CCC4(CC3)OCCO4)nc2)cc1Cl. The number of carbonyl (C=O) groups is 1. The van der Waals surface area contributed by atoms with Gasteiger partial charge >= 0.3 is 0 Å². The quantitative estimate of drug-likeness (QED) is 0.871. The molecule has 4 rings (SSSR count). The number of ether oxygens (including phenoxy) is 2. The molecule has 6 nitrogen and oxygen atoms in total. The summed E-state index contributed by atoms with van der Waals surface area (Å²) in [5.41, 5.74) is 2.14. The Hall–Kier alpha value is -2.15. The lowest BCUT2D eigenvalue weighted by Crippen LogP contribution is -2.45. The van der Waals surface area contributed by atoms with E-state index in [1.807, 2.05) is 25.1 Å². The third-order valence-electron chi connectivity index (χ3n) is 5.10. The summed E-state index contributed by atoms with van der Waals surface area (Å²) in [4.78, 5) is 19.1. The lowest BCUT2D eigenvalue weighted by atomic mass is 10.0. The topological polar surface area (TPSA) is 63.7 Å². The molecule has 27 heavy (non-hydrogen) atoms. The molecule has 0 unspecified atom stereocenters. The van der Waals surface area contributed by atoms with Crippen molar-refractivity contribution in [1.82, 2.24) is 4.98 Å². The second-order valence-corrected chi connectivity index (χ2v) is 7.33. The molecule has 2 aliphatic heterocycles. The molecule has 1 spiro atoms. The van der Waals surface area contributed by atoms with Crippen LogP contribution < -0.4 is 10.2 Å². The molecule has 1 aromatic heterocycles. The highest BCUT2D eigenvalue weighted by Gasteiger charge is 2.39. The molecule has 0 aliphatic carbocycles. The van der Waals surface area contributed by atoms with E-state index in [1.165, 1.54) is 0 Å². The second-order valence-electron chi connectivity index (χ2n) is 6.92. The van der Waals surface area contributed by atoms with E-state index >= 15 is 0 Å². The minimum Gasteiger partial charge on any atom is -0.356 e. The molecule has 142 valence electrons. The van der Waals surface area contributed by atoms with Crippen LogP contribution in [0.15, 0.2) is 36.5 Å². The lowest BCUT2D eigenvalue weighted by molar-refractivity contribution is -0.169. The second kappa shape index (κ2) is 7.46. The predicted octanol–water partition coefficient (Wildman–Crippen LogP) is 3.64. The molecule has 0 radical (unpaired) electrons. The molecular formula is C20H22ClN3O3. The summed E-state index contributed by atoms with van der Waals surface area (Å²) in [5.74, 6) is 0.253. The van der Waals surface area contributed by atoms with Crippen molar-refractivity contribution in [2.45, 2.75) is 25.6 Å². The molecule has 2 aliphatic rings. The van der Waals surface area contributed by atoms with Crippen molar-refractivity contribution in [3.63, 3.8) is 0 Å². The van der Waals surface area contributed by atoms with E-state index in [0.717, 1.165) is 37.3 Å². The molecule has 7 heteroatoms. The smallest absolute Gasteiger partial charge is 0.257 e. The number of hydrogen-bond donors (Lipinski definition) is 1. The van der Waals surface area contributed by atoms with Gasteiger partial charge in [0.1, 0.15) is 5.82 Å². The van der Waals surface area contributed by atoms with Gasteiger partial charge in [-0.1, -0.05) is 17.7 Å². The maximum atomic E-state index is 12.4. The van der Waals surface area contributed by atoms with Gasteiger partial charge in [0.05, 0.1) is 18.8 Å². The summed E-state index contributed by atoms with van der Waals surface area (Å²) in [7, 11) is 0. The Labute approximate surface area is 163 Å². The number of benzene rings is 1. The van der Waals surface area contributed by atoms with Crippen LogP contribution in [-0.4, -0.2) is 43.0 Å². The summed E-state index contributed by atoms with van der Waals surface area (Å²) in [6.07, 6.45) is 3.25. The zero-order valence-electron chi connectivity index (χ0n) is 15.2. The Bertz CT molecular complexity index is 825. The lowest BCUT2D eigenvalue weighted by Gasteiger charge is -2.38. The maximum absolute atomic E-state index is 12.4. The first kappa shape index (κ1) is 18.2. The number of aryl methyl sites for hydroxylation is 1. The van der Waals surface area contributed by atoms with Crippen LogP contribution >= 0.6 is 11.6 Å².